The molecule has 0 saturated heterocycles. The second-order valence-corrected chi connectivity index (χ2v) is 11.0. The van der Waals surface area contributed by atoms with Gasteiger partial charge in [0.05, 0.1) is 11.3 Å². The number of pyridine rings is 1. The van der Waals surface area contributed by atoms with Crippen molar-refractivity contribution < 1.29 is 23.1 Å². The Morgan fingerprint density at radius 1 is 1.06 bits per heavy atom. The molecule has 0 radical (unpaired) electrons. The Balaban J connectivity index is 1.76. The van der Waals surface area contributed by atoms with Crippen molar-refractivity contribution in [2.24, 2.45) is 0 Å². The minimum Gasteiger partial charge on any atom is -0.481 e. The Labute approximate surface area is 223 Å². The SMILES string of the molecule is CCN(C(=O)c1ccc(CCc2cccc(N)n2)cc1)[C@H](CC(=O)O)NS(=O)(=O)c1ccc(I)cc1. The smallest absolute Gasteiger partial charge is 0.306 e. The van der Waals surface area contributed by atoms with Crippen LogP contribution in [0.15, 0.2) is 71.6 Å². The first-order valence-electron chi connectivity index (χ1n) is 11.2. The predicted molar refractivity (Wildman–Crippen MR) is 145 cm³/mol. The number of carbonyl (C=O) groups excluding carboxylic acids is 1. The molecule has 0 aliphatic heterocycles. The summed E-state index contributed by atoms with van der Waals surface area (Å²) in [6.07, 6.45) is -0.479. The maximum absolute atomic E-state index is 13.3. The quantitative estimate of drug-likeness (QED) is 0.220. The summed E-state index contributed by atoms with van der Waals surface area (Å²) in [4.78, 5) is 30.3. The maximum Gasteiger partial charge on any atom is 0.306 e. The van der Waals surface area contributed by atoms with Gasteiger partial charge in [-0.3, -0.25) is 9.59 Å². The molecule has 3 rings (SSSR count). The van der Waals surface area contributed by atoms with Crippen molar-refractivity contribution in [2.45, 2.75) is 37.2 Å². The lowest BCUT2D eigenvalue weighted by Gasteiger charge is -2.30. The van der Waals surface area contributed by atoms with Crippen molar-refractivity contribution in [2.75, 3.05) is 12.3 Å². The van der Waals surface area contributed by atoms with Crippen LogP contribution >= 0.6 is 22.6 Å². The second kappa shape index (κ2) is 12.3. The highest BCUT2D eigenvalue weighted by Crippen LogP contribution is 2.17. The van der Waals surface area contributed by atoms with E-state index in [0.717, 1.165) is 14.8 Å². The van der Waals surface area contributed by atoms with E-state index in [0.29, 0.717) is 24.2 Å². The van der Waals surface area contributed by atoms with Crippen molar-refractivity contribution in [3.05, 3.63) is 87.1 Å². The van der Waals surface area contributed by atoms with E-state index < -0.39 is 34.5 Å². The lowest BCUT2D eigenvalue weighted by molar-refractivity contribution is -0.138. The molecule has 4 N–H and O–H groups in total. The molecule has 1 amide bonds. The first-order valence-corrected chi connectivity index (χ1v) is 13.8. The van der Waals surface area contributed by atoms with Gasteiger partial charge in [0.2, 0.25) is 10.0 Å². The summed E-state index contributed by atoms with van der Waals surface area (Å²) in [7, 11) is -4.06. The molecule has 0 fully saturated rings. The zero-order valence-electron chi connectivity index (χ0n) is 19.6. The van der Waals surface area contributed by atoms with Crippen LogP contribution in [0.3, 0.4) is 0 Å². The molecular weight excluding hydrogens is 595 g/mol. The molecule has 0 aliphatic rings. The third-order valence-corrected chi connectivity index (χ3v) is 7.65. The van der Waals surface area contributed by atoms with E-state index in [4.69, 9.17) is 5.73 Å². The fourth-order valence-electron chi connectivity index (χ4n) is 3.64. The van der Waals surface area contributed by atoms with E-state index in [1.165, 1.54) is 17.0 Å². The van der Waals surface area contributed by atoms with E-state index in [-0.39, 0.29) is 11.4 Å². The maximum atomic E-state index is 13.3. The van der Waals surface area contributed by atoms with Crippen molar-refractivity contribution in [3.8, 4) is 0 Å². The Morgan fingerprint density at radius 3 is 2.31 bits per heavy atom. The van der Waals surface area contributed by atoms with Crippen LogP contribution in [0.1, 0.15) is 35.0 Å². The Bertz CT molecular complexity index is 1320. The molecule has 0 bridgehead atoms. The van der Waals surface area contributed by atoms with Crippen molar-refractivity contribution >= 4 is 50.3 Å². The Hall–Kier alpha value is -3.03. The number of aryl methyl sites for hydroxylation is 2. The molecule has 0 aliphatic carbocycles. The number of carbonyl (C=O) groups is 2. The van der Waals surface area contributed by atoms with Crippen LogP contribution in [0.25, 0.3) is 0 Å². The van der Waals surface area contributed by atoms with Crippen LogP contribution in [0.2, 0.25) is 0 Å². The fraction of sp³-hybridized carbons (Fsp3) is 0.240. The number of hydrogen-bond acceptors (Lipinski definition) is 6. The lowest BCUT2D eigenvalue weighted by atomic mass is 10.0. The number of halogens is 1. The fourth-order valence-corrected chi connectivity index (χ4v) is 5.20. The number of hydrogen-bond donors (Lipinski definition) is 3. The molecule has 9 nitrogen and oxygen atoms in total. The molecule has 1 heterocycles. The van der Waals surface area contributed by atoms with Gasteiger partial charge in [-0.15, -0.1) is 0 Å². The predicted octanol–water partition coefficient (Wildman–Crippen LogP) is 3.30. The van der Waals surface area contributed by atoms with Gasteiger partial charge in [0, 0.05) is 21.4 Å². The number of aliphatic carboxylic acids is 1. The van der Waals surface area contributed by atoms with Crippen LogP contribution in [0.5, 0.6) is 0 Å². The highest BCUT2D eigenvalue weighted by molar-refractivity contribution is 14.1. The first kappa shape index (κ1) is 27.6. The van der Waals surface area contributed by atoms with Crippen LogP contribution in [-0.2, 0) is 27.7 Å². The molecule has 1 aromatic heterocycles. The van der Waals surface area contributed by atoms with Gasteiger partial charge >= 0.3 is 5.97 Å². The van der Waals surface area contributed by atoms with Gasteiger partial charge in [-0.1, -0.05) is 18.2 Å². The van der Waals surface area contributed by atoms with Gasteiger partial charge in [0.25, 0.3) is 5.91 Å². The average molecular weight is 622 g/mol. The third kappa shape index (κ3) is 7.48. The molecule has 0 saturated carbocycles. The summed E-state index contributed by atoms with van der Waals surface area (Å²) in [5.41, 5.74) is 7.90. The summed E-state index contributed by atoms with van der Waals surface area (Å²) in [6, 6.07) is 18.5. The normalized spacial score (nSPS) is 12.2. The number of carboxylic acid groups (broad SMARTS) is 1. The minimum absolute atomic E-state index is 0.0131. The molecule has 36 heavy (non-hydrogen) atoms. The first-order chi connectivity index (χ1) is 17.1. The summed E-state index contributed by atoms with van der Waals surface area (Å²) in [5, 5.41) is 9.40. The van der Waals surface area contributed by atoms with E-state index >= 15 is 0 Å². The summed E-state index contributed by atoms with van der Waals surface area (Å²) in [6.45, 7) is 1.77. The molecule has 1 atom stereocenters. The van der Waals surface area contributed by atoms with Gasteiger partial charge in [0.1, 0.15) is 12.0 Å². The minimum atomic E-state index is -4.06. The van der Waals surface area contributed by atoms with Crippen molar-refractivity contribution in [1.29, 1.82) is 0 Å². The number of nitrogens with one attached hydrogen (secondary N) is 1. The number of benzene rings is 2. The summed E-state index contributed by atoms with van der Waals surface area (Å²) >= 11 is 2.06. The number of nitrogen functional groups attached to an aromatic ring is 1. The van der Waals surface area contributed by atoms with E-state index in [2.05, 4.69) is 32.3 Å². The monoisotopic (exact) mass is 622 g/mol. The van der Waals surface area contributed by atoms with Crippen LogP contribution in [-0.4, -0.2) is 48.0 Å². The highest BCUT2D eigenvalue weighted by atomic mass is 127. The van der Waals surface area contributed by atoms with Gasteiger partial charge < -0.3 is 15.7 Å². The number of nitrogens with zero attached hydrogens (tertiary/aromatic N) is 2. The Kier molecular flexibility index (Phi) is 9.40. The molecule has 190 valence electrons. The molecule has 2 aromatic carbocycles. The lowest BCUT2D eigenvalue weighted by Crippen LogP contribution is -2.51. The largest absolute Gasteiger partial charge is 0.481 e. The van der Waals surface area contributed by atoms with Crippen LogP contribution in [0, 0.1) is 3.57 Å². The zero-order chi connectivity index (χ0) is 26.3. The molecule has 11 heteroatoms. The van der Waals surface area contributed by atoms with Crippen molar-refractivity contribution in [3.63, 3.8) is 0 Å². The standard InChI is InChI=1S/C25H27IN4O5S/c1-2-30(23(16-24(31)32)29-36(34,35)21-14-11-19(26)12-15-21)25(33)18-9-6-17(7-10-18)8-13-20-4-3-5-22(27)28-20/h3-7,9-12,14-15,23,29H,2,8,13,16H2,1H3,(H2,27,28)(H,31,32)/t23-/m1/s1. The molecule has 3 aromatic rings. The van der Waals surface area contributed by atoms with Gasteiger partial charge in [0.15, 0.2) is 0 Å². The molecule has 0 unspecified atom stereocenters. The molecular formula is C25H27IN4O5S. The van der Waals surface area contributed by atoms with Crippen LogP contribution in [0.4, 0.5) is 5.82 Å². The summed E-state index contributed by atoms with van der Waals surface area (Å²) < 4.78 is 29.1. The topological polar surface area (TPSA) is 143 Å². The van der Waals surface area contributed by atoms with Gasteiger partial charge in [-0.25, -0.2) is 13.4 Å². The number of rotatable bonds is 11. The van der Waals surface area contributed by atoms with E-state index in [1.807, 2.05) is 24.3 Å². The van der Waals surface area contributed by atoms with Crippen LogP contribution < -0.4 is 10.5 Å². The van der Waals surface area contributed by atoms with E-state index in [1.54, 1.807) is 37.3 Å². The number of amides is 1. The van der Waals surface area contributed by atoms with Gasteiger partial charge in [-0.2, -0.15) is 4.72 Å². The zero-order valence-corrected chi connectivity index (χ0v) is 22.6. The Morgan fingerprint density at radius 2 is 1.72 bits per heavy atom. The van der Waals surface area contributed by atoms with E-state index in [9.17, 15) is 23.1 Å². The highest BCUT2D eigenvalue weighted by Gasteiger charge is 2.30. The number of anilines is 1. The van der Waals surface area contributed by atoms with Crippen molar-refractivity contribution in [1.82, 2.24) is 14.6 Å². The molecule has 0 spiro atoms. The average Bonchev–Trinajstić information content (AvgIpc) is 2.83. The number of sulfonamides is 1. The number of carboxylic acids is 1. The number of aromatic nitrogens is 1. The second-order valence-electron chi connectivity index (χ2n) is 8.03. The third-order valence-electron chi connectivity index (χ3n) is 5.46. The summed E-state index contributed by atoms with van der Waals surface area (Å²) in [5.74, 6) is -1.25. The van der Waals surface area contributed by atoms with Gasteiger partial charge in [-0.05, 0) is 96.5 Å². The number of nitrogens with two attached hydrogens (primary N) is 1.